The van der Waals surface area contributed by atoms with Gasteiger partial charge in [0.05, 0.1) is 16.5 Å². The number of rotatable bonds is 4. The first-order chi connectivity index (χ1) is 12.7. The Kier molecular flexibility index (Phi) is 4.29. The van der Waals surface area contributed by atoms with E-state index in [1.807, 2.05) is 16.3 Å². The summed E-state index contributed by atoms with van der Waals surface area (Å²) in [6.07, 6.45) is 3.45. The molecule has 3 aromatic heterocycles. The zero-order chi connectivity index (χ0) is 18.1. The van der Waals surface area contributed by atoms with Crippen molar-refractivity contribution in [3.8, 4) is 0 Å². The largest absolute Gasteiger partial charge is 0.459 e. The highest BCUT2D eigenvalue weighted by molar-refractivity contribution is 7.17. The van der Waals surface area contributed by atoms with Crippen LogP contribution in [0, 0.1) is 0 Å². The van der Waals surface area contributed by atoms with E-state index in [4.69, 9.17) is 4.42 Å². The fraction of sp³-hybridized carbons (Fsp3) is 0.294. The number of anilines is 1. The molecular formula is C17H17N5O3S. The Bertz CT molecular complexity index is 939. The van der Waals surface area contributed by atoms with Crippen molar-refractivity contribution in [2.45, 2.75) is 18.5 Å². The molecule has 0 saturated carbocycles. The van der Waals surface area contributed by atoms with Gasteiger partial charge in [-0.05, 0) is 30.0 Å². The van der Waals surface area contributed by atoms with Crippen LogP contribution in [0.2, 0.25) is 0 Å². The highest BCUT2D eigenvalue weighted by Gasteiger charge is 2.39. The number of hydrogen-bond acceptors (Lipinski definition) is 7. The second kappa shape index (κ2) is 6.75. The third-order valence-electron chi connectivity index (χ3n) is 4.43. The average molecular weight is 371 g/mol. The van der Waals surface area contributed by atoms with E-state index in [2.05, 4.69) is 20.6 Å². The fourth-order valence-corrected chi connectivity index (χ4v) is 4.08. The van der Waals surface area contributed by atoms with Crippen molar-refractivity contribution in [1.29, 1.82) is 0 Å². The molecule has 0 spiro atoms. The molecule has 8 nitrogen and oxygen atoms in total. The van der Waals surface area contributed by atoms with Crippen LogP contribution >= 0.6 is 11.3 Å². The maximum absolute atomic E-state index is 12.4. The van der Waals surface area contributed by atoms with Gasteiger partial charge in [0.1, 0.15) is 12.4 Å². The van der Waals surface area contributed by atoms with E-state index in [1.165, 1.54) is 23.9 Å². The number of likely N-dealkylation sites (N-methyl/N-ethyl adjacent to an activating group) is 1. The molecule has 2 N–H and O–H groups in total. The molecule has 1 aliphatic rings. The molecule has 134 valence electrons. The lowest BCUT2D eigenvalue weighted by Gasteiger charge is -2.24. The Morgan fingerprint density at radius 2 is 2.23 bits per heavy atom. The molecule has 4 heterocycles. The normalized spacial score (nSPS) is 19.7. The molecule has 4 rings (SSSR count). The van der Waals surface area contributed by atoms with Crippen LogP contribution in [-0.4, -0.2) is 47.5 Å². The molecule has 0 radical (unpaired) electrons. The van der Waals surface area contributed by atoms with Gasteiger partial charge in [-0.1, -0.05) is 0 Å². The molecule has 9 heteroatoms. The summed E-state index contributed by atoms with van der Waals surface area (Å²) in [6, 6.07) is 4.59. The summed E-state index contributed by atoms with van der Waals surface area (Å²) in [7, 11) is 1.61. The van der Waals surface area contributed by atoms with Crippen molar-refractivity contribution in [2.24, 2.45) is 0 Å². The second-order valence-electron chi connectivity index (χ2n) is 6.00. The number of aromatic nitrogens is 2. The number of fused-ring (bicyclic) bond motifs is 1. The standard InChI is InChI=1S/C17H17N5O3S/c1-18-16(23)12-7-10(21-17(24)13-3-2-5-25-13)8-22(12)15-14-11(4-6-26-14)19-9-20-15/h2-6,9-10,12H,7-8H2,1H3,(H,18,23)(H,21,24)/t10-,12+/m1/s1. The minimum atomic E-state index is -0.415. The lowest BCUT2D eigenvalue weighted by Crippen LogP contribution is -2.42. The first kappa shape index (κ1) is 16.5. The quantitative estimate of drug-likeness (QED) is 0.719. The van der Waals surface area contributed by atoms with E-state index in [1.54, 1.807) is 19.2 Å². The molecule has 2 atom stereocenters. The van der Waals surface area contributed by atoms with Crippen LogP contribution in [0.4, 0.5) is 5.82 Å². The zero-order valence-corrected chi connectivity index (χ0v) is 14.8. The Labute approximate surface area is 153 Å². The van der Waals surface area contributed by atoms with Crippen LogP contribution in [0.15, 0.2) is 40.6 Å². The van der Waals surface area contributed by atoms with Crippen LogP contribution in [0.3, 0.4) is 0 Å². The van der Waals surface area contributed by atoms with Crippen molar-refractivity contribution in [3.63, 3.8) is 0 Å². The molecule has 1 fully saturated rings. The van der Waals surface area contributed by atoms with Crippen LogP contribution in [0.5, 0.6) is 0 Å². The summed E-state index contributed by atoms with van der Waals surface area (Å²) in [5, 5.41) is 7.58. The number of hydrogen-bond donors (Lipinski definition) is 2. The summed E-state index contributed by atoms with van der Waals surface area (Å²) in [5.74, 6) is 0.570. The summed E-state index contributed by atoms with van der Waals surface area (Å²) in [6.45, 7) is 0.481. The maximum atomic E-state index is 12.4. The number of carbonyl (C=O) groups is 2. The van der Waals surface area contributed by atoms with E-state index >= 15 is 0 Å². The molecule has 26 heavy (non-hydrogen) atoms. The molecule has 0 aliphatic carbocycles. The third-order valence-corrected chi connectivity index (χ3v) is 5.33. The zero-order valence-electron chi connectivity index (χ0n) is 14.0. The van der Waals surface area contributed by atoms with Crippen LogP contribution in [-0.2, 0) is 4.79 Å². The van der Waals surface area contributed by atoms with Gasteiger partial charge < -0.3 is 20.0 Å². The number of nitrogens with zero attached hydrogens (tertiary/aromatic N) is 3. The van der Waals surface area contributed by atoms with Gasteiger partial charge in [-0.3, -0.25) is 9.59 Å². The van der Waals surface area contributed by atoms with Gasteiger partial charge in [-0.2, -0.15) is 0 Å². The molecule has 1 saturated heterocycles. The van der Waals surface area contributed by atoms with E-state index in [0.717, 1.165) is 10.2 Å². The molecule has 1 aliphatic heterocycles. The van der Waals surface area contributed by atoms with Gasteiger partial charge in [-0.15, -0.1) is 11.3 Å². The van der Waals surface area contributed by atoms with Gasteiger partial charge >= 0.3 is 0 Å². The third kappa shape index (κ3) is 2.90. The molecule has 0 unspecified atom stereocenters. The number of furan rings is 1. The van der Waals surface area contributed by atoms with Gasteiger partial charge in [0, 0.05) is 19.6 Å². The lowest BCUT2D eigenvalue weighted by molar-refractivity contribution is -0.121. The first-order valence-electron chi connectivity index (χ1n) is 8.18. The van der Waals surface area contributed by atoms with Crippen molar-refractivity contribution < 1.29 is 14.0 Å². The van der Waals surface area contributed by atoms with Crippen LogP contribution in [0.25, 0.3) is 10.2 Å². The van der Waals surface area contributed by atoms with Gasteiger partial charge in [0.2, 0.25) is 5.91 Å². The number of amides is 2. The Morgan fingerprint density at radius 3 is 3.00 bits per heavy atom. The average Bonchev–Trinajstić information content (AvgIpc) is 3.39. The maximum Gasteiger partial charge on any atom is 0.287 e. The first-order valence-corrected chi connectivity index (χ1v) is 9.06. The summed E-state index contributed by atoms with van der Waals surface area (Å²) >= 11 is 1.53. The highest BCUT2D eigenvalue weighted by atomic mass is 32.1. The predicted molar refractivity (Wildman–Crippen MR) is 97.2 cm³/mol. The predicted octanol–water partition coefficient (Wildman–Crippen LogP) is 1.41. The van der Waals surface area contributed by atoms with E-state index in [0.29, 0.717) is 18.8 Å². The SMILES string of the molecule is CNC(=O)[C@@H]1C[C@@H](NC(=O)c2ccco2)CN1c1ncnc2ccsc12. The minimum Gasteiger partial charge on any atom is -0.459 e. The van der Waals surface area contributed by atoms with Gasteiger partial charge in [0.25, 0.3) is 5.91 Å². The second-order valence-corrected chi connectivity index (χ2v) is 6.91. The molecular weight excluding hydrogens is 354 g/mol. The van der Waals surface area contributed by atoms with Crippen molar-refractivity contribution >= 4 is 39.2 Å². The minimum absolute atomic E-state index is 0.108. The van der Waals surface area contributed by atoms with Crippen LogP contribution in [0.1, 0.15) is 17.0 Å². The Hall–Kier alpha value is -2.94. The van der Waals surface area contributed by atoms with Gasteiger partial charge in [-0.25, -0.2) is 9.97 Å². The Balaban J connectivity index is 1.61. The highest BCUT2D eigenvalue weighted by Crippen LogP contribution is 2.32. The lowest BCUT2D eigenvalue weighted by atomic mass is 10.1. The Morgan fingerprint density at radius 1 is 1.35 bits per heavy atom. The summed E-state index contributed by atoms with van der Waals surface area (Å²) < 4.78 is 6.07. The van der Waals surface area contributed by atoms with Gasteiger partial charge in [0.15, 0.2) is 11.6 Å². The van der Waals surface area contributed by atoms with E-state index in [9.17, 15) is 9.59 Å². The fourth-order valence-electron chi connectivity index (χ4n) is 3.23. The molecule has 2 amide bonds. The molecule has 0 aromatic carbocycles. The monoisotopic (exact) mass is 371 g/mol. The van der Waals surface area contributed by atoms with E-state index in [-0.39, 0.29) is 23.6 Å². The van der Waals surface area contributed by atoms with Crippen LogP contribution < -0.4 is 15.5 Å². The smallest absolute Gasteiger partial charge is 0.287 e. The summed E-state index contributed by atoms with van der Waals surface area (Å²) in [4.78, 5) is 35.3. The summed E-state index contributed by atoms with van der Waals surface area (Å²) in [5.41, 5.74) is 0.846. The van der Waals surface area contributed by atoms with Crippen molar-refractivity contribution in [1.82, 2.24) is 20.6 Å². The number of carbonyl (C=O) groups excluding carboxylic acids is 2. The van der Waals surface area contributed by atoms with Crippen molar-refractivity contribution in [3.05, 3.63) is 41.9 Å². The molecule has 0 bridgehead atoms. The number of thiophene rings is 1. The number of nitrogens with one attached hydrogen (secondary N) is 2. The molecule has 3 aromatic rings. The van der Waals surface area contributed by atoms with Crippen molar-refractivity contribution in [2.75, 3.05) is 18.5 Å². The topological polar surface area (TPSA) is 100 Å². The van der Waals surface area contributed by atoms with E-state index < -0.39 is 6.04 Å².